The van der Waals surface area contributed by atoms with Crippen LogP contribution in [0.15, 0.2) is 48.5 Å². The van der Waals surface area contributed by atoms with Crippen LogP contribution in [-0.4, -0.2) is 109 Å². The average molecular weight is 1090 g/mol. The molecule has 8 aromatic rings. The average Bonchev–Trinajstić information content (AvgIpc) is 3.54. The molecule has 0 bridgehead atoms. The van der Waals surface area contributed by atoms with Crippen LogP contribution < -0.4 is 18.9 Å². The fourth-order valence-electron chi connectivity index (χ4n) is 11.4. The summed E-state index contributed by atoms with van der Waals surface area (Å²) in [5.74, 6) is -10.2. The van der Waals surface area contributed by atoms with Gasteiger partial charge >= 0.3 is 0 Å². The number of ketones is 4. The quantitative estimate of drug-likeness (QED) is 0.0765. The van der Waals surface area contributed by atoms with Gasteiger partial charge < -0.3 is 80.2 Å². The summed E-state index contributed by atoms with van der Waals surface area (Å²) in [5.41, 5.74) is -0.870. The zero-order valence-corrected chi connectivity index (χ0v) is 43.9. The number of aromatic hydroxyl groups is 12. The van der Waals surface area contributed by atoms with Crippen molar-refractivity contribution in [2.24, 2.45) is 23.7 Å². The van der Waals surface area contributed by atoms with Crippen molar-refractivity contribution in [1.82, 2.24) is 0 Å². The number of hydrogen-bond donors (Lipinski definition) is 12. The smallest absolute Gasteiger partial charge is 0.176 e. The summed E-state index contributed by atoms with van der Waals surface area (Å²) in [6.07, 6.45) is -2.12. The molecule has 0 amide bonds. The Morgan fingerprint density at radius 3 is 0.613 bits per heavy atom. The summed E-state index contributed by atoms with van der Waals surface area (Å²) in [4.78, 5) is 52.1. The van der Waals surface area contributed by atoms with E-state index in [1.165, 1.54) is 24.3 Å². The van der Waals surface area contributed by atoms with Gasteiger partial charge in [0.25, 0.3) is 0 Å². The van der Waals surface area contributed by atoms with Crippen LogP contribution in [0.3, 0.4) is 0 Å². The van der Waals surface area contributed by atoms with Crippen molar-refractivity contribution in [2.45, 2.75) is 79.8 Å². The number of phenolic OH excluding ortho intramolecular Hbond substituents is 12. The molecule has 4 aliphatic rings. The molecule has 412 valence electrons. The van der Waals surface area contributed by atoms with E-state index in [2.05, 4.69) is 0 Å². The summed E-state index contributed by atoms with van der Waals surface area (Å²) >= 11 is 0. The number of carbonyl (C=O) groups is 4. The van der Waals surface area contributed by atoms with Crippen molar-refractivity contribution in [3.8, 4) is 114 Å². The van der Waals surface area contributed by atoms with Crippen LogP contribution in [0.2, 0.25) is 0 Å². The van der Waals surface area contributed by atoms with Gasteiger partial charge in [0.2, 0.25) is 0 Å². The fourth-order valence-corrected chi connectivity index (χ4v) is 11.4. The molecule has 8 atom stereocenters. The SMILES string of the molecule is CC1Oc2cc3c(-c4c(O)cc(O)c5c(O)c6c(cc45)OC(C)C(C)C6=O)c(O)cc(O)c3c(O)c2C(=O)C1C.CC1Oc2cc3c(-c4c(O)cc(O)c5c(O)c6c(cc45)OC(C)C(C)C6=O)c(O)cc(O)c3c(O)c2C(=O)C1C. The predicted molar refractivity (Wildman–Crippen MR) is 288 cm³/mol. The molecule has 0 aromatic heterocycles. The van der Waals surface area contributed by atoms with Crippen LogP contribution in [0.1, 0.15) is 96.8 Å². The third-order valence-electron chi connectivity index (χ3n) is 16.5. The molecule has 80 heavy (non-hydrogen) atoms. The van der Waals surface area contributed by atoms with Crippen molar-refractivity contribution >= 4 is 66.2 Å². The number of fused-ring (bicyclic) bond motifs is 8. The van der Waals surface area contributed by atoms with E-state index in [9.17, 15) is 80.5 Å². The second kappa shape index (κ2) is 17.9. The Morgan fingerprint density at radius 1 is 0.263 bits per heavy atom. The van der Waals surface area contributed by atoms with Crippen molar-refractivity contribution < 1.29 is 99.4 Å². The van der Waals surface area contributed by atoms with E-state index in [1.807, 2.05) is 0 Å². The molecular formula is C60H52O20. The van der Waals surface area contributed by atoms with E-state index in [-0.39, 0.29) is 134 Å². The standard InChI is InChI=1S/2C30H26O10/c2*1-9-11(3)39-19-5-13-21(15(31)7-17(33)23(13)29(37)25(19)27(9)35)22-14-6-20-26(28(36)10(2)12(4)40-20)30(38)24(14)18(34)8-16(22)32/h2*5-12,31-34,37-38H,1-4H3. The molecule has 12 N–H and O–H groups in total. The summed E-state index contributed by atoms with van der Waals surface area (Å²) < 4.78 is 23.6. The molecule has 20 nitrogen and oxygen atoms in total. The number of ether oxygens (including phenoxy) is 4. The summed E-state index contributed by atoms with van der Waals surface area (Å²) in [6.45, 7) is 13.4. The maximum Gasteiger partial charge on any atom is 0.176 e. The number of benzene rings is 8. The molecule has 0 radical (unpaired) electrons. The number of rotatable bonds is 2. The van der Waals surface area contributed by atoms with Crippen molar-refractivity contribution in [2.75, 3.05) is 0 Å². The van der Waals surface area contributed by atoms with Crippen LogP contribution >= 0.6 is 0 Å². The molecule has 4 aliphatic heterocycles. The minimum absolute atomic E-state index is 0.0155. The number of phenols is 12. The van der Waals surface area contributed by atoms with Gasteiger partial charge in [-0.1, -0.05) is 27.7 Å². The summed E-state index contributed by atoms with van der Waals surface area (Å²) in [6, 6.07) is 9.29. The van der Waals surface area contributed by atoms with E-state index < -0.39 is 117 Å². The zero-order valence-electron chi connectivity index (χ0n) is 43.9. The topological polar surface area (TPSA) is 348 Å². The summed E-state index contributed by atoms with van der Waals surface area (Å²) in [7, 11) is 0. The zero-order chi connectivity index (χ0) is 57.9. The van der Waals surface area contributed by atoms with Gasteiger partial charge in [-0.05, 0) is 52.0 Å². The first kappa shape index (κ1) is 52.3. The molecule has 0 saturated carbocycles. The predicted octanol–water partition coefficient (Wildman–Crippen LogP) is 10.2. The van der Waals surface area contributed by atoms with E-state index in [1.54, 1.807) is 55.4 Å². The van der Waals surface area contributed by atoms with Crippen LogP contribution in [0.5, 0.6) is 92.0 Å². The largest absolute Gasteiger partial charge is 0.507 e. The third-order valence-corrected chi connectivity index (χ3v) is 16.5. The Labute approximate surface area is 452 Å². The molecule has 0 saturated heterocycles. The molecule has 0 fully saturated rings. The first-order valence-electron chi connectivity index (χ1n) is 25.5. The Morgan fingerprint density at radius 2 is 0.438 bits per heavy atom. The first-order valence-corrected chi connectivity index (χ1v) is 25.5. The lowest BCUT2D eigenvalue weighted by Crippen LogP contribution is -2.33. The second-order valence-corrected chi connectivity index (χ2v) is 21.1. The highest BCUT2D eigenvalue weighted by atomic mass is 16.5. The van der Waals surface area contributed by atoms with Crippen LogP contribution in [0, 0.1) is 23.7 Å². The van der Waals surface area contributed by atoms with Crippen molar-refractivity contribution in [3.05, 3.63) is 70.8 Å². The highest BCUT2D eigenvalue weighted by Crippen LogP contribution is 2.59. The van der Waals surface area contributed by atoms with Gasteiger partial charge in [-0.2, -0.15) is 0 Å². The molecule has 12 rings (SSSR count). The lowest BCUT2D eigenvalue weighted by atomic mass is 9.84. The highest BCUT2D eigenvalue weighted by Gasteiger charge is 2.41. The first-order chi connectivity index (χ1) is 37.7. The molecule has 8 aromatic carbocycles. The van der Waals surface area contributed by atoms with Gasteiger partial charge in [0.05, 0.1) is 45.2 Å². The van der Waals surface area contributed by atoms with Gasteiger partial charge in [0.15, 0.2) is 23.1 Å². The van der Waals surface area contributed by atoms with E-state index >= 15 is 0 Å². The number of carbonyl (C=O) groups excluding carboxylic acids is 4. The Kier molecular flexibility index (Phi) is 11.7. The van der Waals surface area contributed by atoms with E-state index in [0.717, 1.165) is 24.3 Å². The van der Waals surface area contributed by atoms with E-state index in [4.69, 9.17) is 18.9 Å². The molecule has 0 spiro atoms. The van der Waals surface area contributed by atoms with Gasteiger partial charge in [0, 0.05) is 68.1 Å². The monoisotopic (exact) mass is 1090 g/mol. The molecule has 4 heterocycles. The fraction of sp³-hybridized carbons (Fsp3) is 0.267. The maximum absolute atomic E-state index is 13.0. The molecule has 0 aliphatic carbocycles. The van der Waals surface area contributed by atoms with E-state index in [0.29, 0.717) is 0 Å². The molecular weight excluding hydrogens is 1040 g/mol. The number of hydrogen-bond acceptors (Lipinski definition) is 20. The Hall–Kier alpha value is -9.72. The van der Waals surface area contributed by atoms with Crippen LogP contribution in [0.4, 0.5) is 0 Å². The van der Waals surface area contributed by atoms with Gasteiger partial charge in [-0.25, -0.2) is 0 Å². The molecule has 8 unspecified atom stereocenters. The lowest BCUT2D eigenvalue weighted by Gasteiger charge is -2.30. The highest BCUT2D eigenvalue weighted by molar-refractivity contribution is 6.22. The number of Topliss-reactive ketones (excluding diaryl/α,β-unsaturated/α-hetero) is 4. The van der Waals surface area contributed by atoms with Gasteiger partial charge in [-0.3, -0.25) is 19.2 Å². The summed E-state index contributed by atoms with van der Waals surface area (Å²) in [5, 5.41) is 131. The maximum atomic E-state index is 13.0. The van der Waals surface area contributed by atoms with Crippen molar-refractivity contribution in [1.29, 1.82) is 0 Å². The minimum atomic E-state index is -0.568. The second-order valence-electron chi connectivity index (χ2n) is 21.1. The lowest BCUT2D eigenvalue weighted by molar-refractivity contribution is 0.0716. The molecule has 20 heteroatoms. The van der Waals surface area contributed by atoms with Gasteiger partial charge in [-0.15, -0.1) is 0 Å². The third kappa shape index (κ3) is 7.26. The Bertz CT molecular complexity index is 3640. The van der Waals surface area contributed by atoms with Crippen LogP contribution in [0.25, 0.3) is 65.3 Å². The van der Waals surface area contributed by atoms with Crippen molar-refractivity contribution in [3.63, 3.8) is 0 Å². The van der Waals surface area contributed by atoms with Gasteiger partial charge in [0.1, 0.15) is 139 Å². The van der Waals surface area contributed by atoms with Crippen LogP contribution in [-0.2, 0) is 0 Å². The Balaban J connectivity index is 0.000000169. The normalized spacial score (nSPS) is 22.1. The minimum Gasteiger partial charge on any atom is -0.507 e.